The van der Waals surface area contributed by atoms with Crippen LogP contribution in [0, 0.1) is 10.1 Å². The van der Waals surface area contributed by atoms with Gasteiger partial charge in [0, 0.05) is 12.1 Å². The van der Waals surface area contributed by atoms with Gasteiger partial charge < -0.3 is 5.11 Å². The normalized spacial score (nSPS) is 11.5. The average molecular weight is 286 g/mol. The summed E-state index contributed by atoms with van der Waals surface area (Å²) in [6.45, 7) is 0. The Kier molecular flexibility index (Phi) is 2.89. The molecular weight excluding hydrogens is 283 g/mol. The van der Waals surface area contributed by atoms with Gasteiger partial charge in [-0.3, -0.25) is 10.1 Å². The monoisotopic (exact) mass is 285 g/mol. The second kappa shape index (κ2) is 3.69. The lowest BCUT2D eigenvalue weighted by molar-refractivity contribution is -0.388. The van der Waals surface area contributed by atoms with Crippen molar-refractivity contribution in [3.8, 4) is 5.75 Å². The van der Waals surface area contributed by atoms with Crippen molar-refractivity contribution in [3.05, 3.63) is 32.3 Å². The Balaban J connectivity index is 3.49. The van der Waals surface area contributed by atoms with E-state index < -0.39 is 28.1 Å². The maximum atomic E-state index is 12.3. The molecule has 4 nitrogen and oxygen atoms in total. The Hall–Kier alpha value is -1.31. The summed E-state index contributed by atoms with van der Waals surface area (Å²) in [5.41, 5.74) is -2.58. The topological polar surface area (TPSA) is 63.4 Å². The van der Waals surface area contributed by atoms with Crippen LogP contribution in [0.15, 0.2) is 16.6 Å². The van der Waals surface area contributed by atoms with Crippen molar-refractivity contribution in [1.82, 2.24) is 0 Å². The SMILES string of the molecule is O=[N+]([O-])c1cc(Br)c(O)cc1C(F)(F)F. The number of benzene rings is 1. The van der Waals surface area contributed by atoms with Crippen LogP contribution in [0.1, 0.15) is 5.56 Å². The van der Waals surface area contributed by atoms with E-state index in [-0.39, 0.29) is 4.47 Å². The summed E-state index contributed by atoms with van der Waals surface area (Å²) < 4.78 is 36.7. The van der Waals surface area contributed by atoms with Gasteiger partial charge in [-0.2, -0.15) is 13.2 Å². The van der Waals surface area contributed by atoms with Crippen LogP contribution >= 0.6 is 15.9 Å². The van der Waals surface area contributed by atoms with Crippen molar-refractivity contribution in [3.63, 3.8) is 0 Å². The highest BCUT2D eigenvalue weighted by molar-refractivity contribution is 9.10. The molecule has 0 unspecified atom stereocenters. The lowest BCUT2D eigenvalue weighted by atomic mass is 10.1. The summed E-state index contributed by atoms with van der Waals surface area (Å²) in [6.07, 6.45) is -4.87. The number of phenolic OH excluding ortho intramolecular Hbond substituents is 1. The van der Waals surface area contributed by atoms with Crippen molar-refractivity contribution >= 4 is 21.6 Å². The molecule has 0 bridgehead atoms. The summed E-state index contributed by atoms with van der Waals surface area (Å²) in [7, 11) is 0. The van der Waals surface area contributed by atoms with Gasteiger partial charge in [-0.25, -0.2) is 0 Å². The molecule has 0 aromatic heterocycles. The molecule has 0 aliphatic carbocycles. The van der Waals surface area contributed by atoms with Crippen molar-refractivity contribution < 1.29 is 23.2 Å². The predicted molar refractivity (Wildman–Crippen MR) is 47.5 cm³/mol. The molecule has 8 heteroatoms. The molecule has 15 heavy (non-hydrogen) atoms. The fourth-order valence-electron chi connectivity index (χ4n) is 0.929. The first-order valence-electron chi connectivity index (χ1n) is 3.47. The highest BCUT2D eigenvalue weighted by atomic mass is 79.9. The van der Waals surface area contributed by atoms with E-state index in [9.17, 15) is 23.3 Å². The van der Waals surface area contributed by atoms with Crippen molar-refractivity contribution in [2.45, 2.75) is 6.18 Å². The number of rotatable bonds is 1. The lowest BCUT2D eigenvalue weighted by Gasteiger charge is -2.08. The minimum Gasteiger partial charge on any atom is -0.507 e. The van der Waals surface area contributed by atoms with Gasteiger partial charge >= 0.3 is 6.18 Å². The smallest absolute Gasteiger partial charge is 0.423 e. The zero-order valence-corrected chi connectivity index (χ0v) is 8.46. The lowest BCUT2D eigenvalue weighted by Crippen LogP contribution is -2.08. The van der Waals surface area contributed by atoms with Crippen LogP contribution in [-0.4, -0.2) is 10.0 Å². The summed E-state index contributed by atoms with van der Waals surface area (Å²) in [6, 6.07) is 0.917. The van der Waals surface area contributed by atoms with Gasteiger partial charge in [0.05, 0.1) is 9.40 Å². The number of phenols is 1. The third-order valence-electron chi connectivity index (χ3n) is 1.57. The van der Waals surface area contributed by atoms with Crippen LogP contribution in [-0.2, 0) is 6.18 Å². The highest BCUT2D eigenvalue weighted by Crippen LogP contribution is 2.40. The Morgan fingerprint density at radius 1 is 1.40 bits per heavy atom. The van der Waals surface area contributed by atoms with E-state index in [0.29, 0.717) is 12.1 Å². The van der Waals surface area contributed by atoms with Gasteiger partial charge in [-0.15, -0.1) is 0 Å². The Labute approximate surface area is 89.6 Å². The van der Waals surface area contributed by atoms with Crippen molar-refractivity contribution in [2.24, 2.45) is 0 Å². The fraction of sp³-hybridized carbons (Fsp3) is 0.143. The fourth-order valence-corrected chi connectivity index (χ4v) is 1.26. The minimum absolute atomic E-state index is 0.165. The quantitative estimate of drug-likeness (QED) is 0.637. The summed E-state index contributed by atoms with van der Waals surface area (Å²) in [5, 5.41) is 19.3. The third-order valence-corrected chi connectivity index (χ3v) is 2.20. The van der Waals surface area contributed by atoms with Gasteiger partial charge in [0.2, 0.25) is 0 Å². The molecule has 0 atom stereocenters. The van der Waals surface area contributed by atoms with Gasteiger partial charge in [-0.1, -0.05) is 0 Å². The molecule has 1 rings (SSSR count). The Bertz CT molecular complexity index is 419. The molecule has 1 N–H and O–H groups in total. The average Bonchev–Trinajstić information content (AvgIpc) is 2.06. The van der Waals surface area contributed by atoms with Crippen LogP contribution < -0.4 is 0 Å². The second-order valence-electron chi connectivity index (χ2n) is 2.58. The van der Waals surface area contributed by atoms with E-state index in [1.54, 1.807) is 0 Å². The first-order chi connectivity index (χ1) is 6.73. The molecule has 1 aromatic carbocycles. The third kappa shape index (κ3) is 2.38. The zero-order valence-electron chi connectivity index (χ0n) is 6.88. The molecule has 82 valence electrons. The van der Waals surface area contributed by atoms with Gasteiger partial charge in [0.15, 0.2) is 0 Å². The van der Waals surface area contributed by atoms with E-state index in [1.807, 2.05) is 0 Å². The van der Waals surface area contributed by atoms with E-state index in [1.165, 1.54) is 0 Å². The van der Waals surface area contributed by atoms with E-state index in [2.05, 4.69) is 15.9 Å². The van der Waals surface area contributed by atoms with E-state index in [0.717, 1.165) is 0 Å². The van der Waals surface area contributed by atoms with Gasteiger partial charge in [0.25, 0.3) is 5.69 Å². The molecule has 0 aliphatic heterocycles. The standard InChI is InChI=1S/C7H3BrF3NO3/c8-4-2-5(12(14)15)3(1-6(4)13)7(9,10)11/h1-2,13H. The highest BCUT2D eigenvalue weighted by Gasteiger charge is 2.39. The molecule has 0 fully saturated rings. The van der Waals surface area contributed by atoms with E-state index in [4.69, 9.17) is 5.11 Å². The number of nitro benzene ring substituents is 1. The van der Waals surface area contributed by atoms with Crippen molar-refractivity contribution in [1.29, 1.82) is 0 Å². The van der Waals surface area contributed by atoms with Crippen LogP contribution in [0.25, 0.3) is 0 Å². The number of nitro groups is 1. The molecule has 0 radical (unpaired) electrons. The molecule has 1 aromatic rings. The maximum Gasteiger partial charge on any atom is 0.423 e. The minimum atomic E-state index is -4.87. The van der Waals surface area contributed by atoms with E-state index >= 15 is 0 Å². The van der Waals surface area contributed by atoms with Crippen LogP contribution in [0.5, 0.6) is 5.75 Å². The van der Waals surface area contributed by atoms with Gasteiger partial charge in [0.1, 0.15) is 11.3 Å². The predicted octanol–water partition coefficient (Wildman–Crippen LogP) is 3.08. The first kappa shape index (κ1) is 11.8. The number of nitrogens with zero attached hydrogens (tertiary/aromatic N) is 1. The number of hydrogen-bond acceptors (Lipinski definition) is 3. The number of aromatic hydroxyl groups is 1. The molecule has 0 spiro atoms. The summed E-state index contributed by atoms with van der Waals surface area (Å²) >= 11 is 2.69. The zero-order chi connectivity index (χ0) is 11.8. The molecular formula is C7H3BrF3NO3. The molecule has 0 amide bonds. The molecule has 0 saturated carbocycles. The summed E-state index contributed by atoms with van der Waals surface area (Å²) in [4.78, 5) is 9.18. The van der Waals surface area contributed by atoms with Crippen LogP contribution in [0.3, 0.4) is 0 Å². The Morgan fingerprint density at radius 3 is 2.33 bits per heavy atom. The van der Waals surface area contributed by atoms with Crippen LogP contribution in [0.2, 0.25) is 0 Å². The molecule has 0 heterocycles. The second-order valence-corrected chi connectivity index (χ2v) is 3.43. The number of halogens is 4. The van der Waals surface area contributed by atoms with Crippen molar-refractivity contribution in [2.75, 3.05) is 0 Å². The Morgan fingerprint density at radius 2 is 1.93 bits per heavy atom. The summed E-state index contributed by atoms with van der Waals surface area (Å²) in [5.74, 6) is -0.701. The molecule has 0 saturated heterocycles. The number of alkyl halides is 3. The molecule has 0 aliphatic rings. The largest absolute Gasteiger partial charge is 0.507 e. The maximum absolute atomic E-state index is 12.3. The number of hydrogen-bond donors (Lipinski definition) is 1. The van der Waals surface area contributed by atoms with Gasteiger partial charge in [-0.05, 0) is 15.9 Å². The van der Waals surface area contributed by atoms with Crippen LogP contribution in [0.4, 0.5) is 18.9 Å². The first-order valence-corrected chi connectivity index (χ1v) is 4.27.